The molecule has 0 spiro atoms. The molecule has 9 heteroatoms. The van der Waals surface area contributed by atoms with E-state index in [0.717, 1.165) is 4.40 Å². The normalized spacial score (nSPS) is 11.3. The van der Waals surface area contributed by atoms with Gasteiger partial charge in [0, 0.05) is 11.6 Å². The summed E-state index contributed by atoms with van der Waals surface area (Å²) in [4.78, 5) is 12.8. The Kier molecular flexibility index (Phi) is 4.73. The molecule has 6 nitrogen and oxygen atoms in total. The van der Waals surface area contributed by atoms with Crippen molar-refractivity contribution in [1.29, 1.82) is 5.26 Å². The summed E-state index contributed by atoms with van der Waals surface area (Å²) in [5.41, 5.74) is -0.913. The fourth-order valence-corrected chi connectivity index (χ4v) is 2.73. The third kappa shape index (κ3) is 3.69. The van der Waals surface area contributed by atoms with Gasteiger partial charge in [0.2, 0.25) is 0 Å². The molecule has 2 aromatic heterocycles. The highest BCUT2D eigenvalue weighted by atomic mass is 19.4. The third-order valence-corrected chi connectivity index (χ3v) is 3.79. The quantitative estimate of drug-likeness (QED) is 0.710. The van der Waals surface area contributed by atoms with Crippen molar-refractivity contribution in [2.24, 2.45) is 0 Å². The van der Waals surface area contributed by atoms with E-state index in [0.29, 0.717) is 4.57 Å². The van der Waals surface area contributed by atoms with Crippen molar-refractivity contribution in [3.8, 4) is 28.8 Å². The van der Waals surface area contributed by atoms with E-state index in [9.17, 15) is 23.1 Å². The van der Waals surface area contributed by atoms with Crippen molar-refractivity contribution in [2.45, 2.75) is 12.7 Å². The lowest BCUT2D eigenvalue weighted by Crippen LogP contribution is -2.44. The lowest BCUT2D eigenvalue weighted by molar-refractivity contribution is -0.532. The van der Waals surface area contributed by atoms with Gasteiger partial charge in [0.1, 0.15) is 11.8 Å². The van der Waals surface area contributed by atoms with Crippen LogP contribution in [0.4, 0.5) is 13.2 Å². The lowest BCUT2D eigenvalue weighted by Gasteiger charge is -2.12. The summed E-state index contributed by atoms with van der Waals surface area (Å²) in [7, 11) is 0. The molecule has 0 aliphatic rings. The molecule has 0 unspecified atom stereocenters. The molecule has 0 fully saturated rings. The number of fused-ring (bicyclic) bond motifs is 1. The molecule has 2 heterocycles. The number of rotatable bonds is 4. The van der Waals surface area contributed by atoms with Gasteiger partial charge in [-0.25, -0.2) is 4.79 Å². The Bertz CT molecular complexity index is 1100. The van der Waals surface area contributed by atoms with Crippen molar-refractivity contribution >= 4 is 5.65 Å². The first-order chi connectivity index (χ1) is 12.8. The third-order valence-electron chi connectivity index (χ3n) is 3.79. The summed E-state index contributed by atoms with van der Waals surface area (Å²) in [6.07, 6.45) is -3.28. The smallest absolute Gasteiger partial charge is 0.426 e. The molecule has 0 bridgehead atoms. The zero-order valence-electron chi connectivity index (χ0n) is 13.8. The Morgan fingerprint density at radius 1 is 1.22 bits per heavy atom. The number of benzene rings is 1. The minimum atomic E-state index is -4.61. The van der Waals surface area contributed by atoms with Gasteiger partial charge in [-0.3, -0.25) is 0 Å². The number of ether oxygens (including phenoxy) is 1. The highest BCUT2D eigenvalue weighted by Crippen LogP contribution is 2.30. The molecule has 0 aliphatic carbocycles. The van der Waals surface area contributed by atoms with Crippen molar-refractivity contribution < 1.29 is 27.4 Å². The summed E-state index contributed by atoms with van der Waals surface area (Å²) >= 11 is 0. The standard InChI is InChI=1S/C18H12F3N3O3/c19-18(20,21)11-24-14-6-1-2-8-23(14)16(25)15(17(24)26)12-4-3-5-13(10-12)27-9-7-22/h1-6,8,10H,9,11H2/p+1. The summed E-state index contributed by atoms with van der Waals surface area (Å²) < 4.78 is 45.9. The maximum atomic E-state index is 13.0. The first kappa shape index (κ1) is 18.3. The van der Waals surface area contributed by atoms with Gasteiger partial charge in [0.05, 0.1) is 6.20 Å². The Hall–Kier alpha value is -3.54. The molecule has 3 aromatic rings. The Labute approximate surface area is 150 Å². The van der Waals surface area contributed by atoms with Crippen LogP contribution >= 0.6 is 0 Å². The minimum Gasteiger partial charge on any atom is -0.479 e. The van der Waals surface area contributed by atoms with Crippen LogP contribution in [0.15, 0.2) is 53.5 Å². The lowest BCUT2D eigenvalue weighted by atomic mass is 10.1. The molecular weight excluding hydrogens is 363 g/mol. The van der Waals surface area contributed by atoms with E-state index in [1.807, 2.05) is 0 Å². The van der Waals surface area contributed by atoms with Crippen LogP contribution in [0.5, 0.6) is 11.6 Å². The Morgan fingerprint density at radius 3 is 2.70 bits per heavy atom. The molecule has 1 N–H and O–H groups in total. The highest BCUT2D eigenvalue weighted by molar-refractivity contribution is 5.69. The second-order valence-electron chi connectivity index (χ2n) is 5.61. The van der Waals surface area contributed by atoms with Crippen molar-refractivity contribution in [3.63, 3.8) is 0 Å². The average Bonchev–Trinajstić information content (AvgIpc) is 2.63. The number of alkyl halides is 3. The summed E-state index contributed by atoms with van der Waals surface area (Å²) in [5, 5.41) is 19.1. The Morgan fingerprint density at radius 2 is 2.00 bits per heavy atom. The van der Waals surface area contributed by atoms with Crippen LogP contribution in [0.3, 0.4) is 0 Å². The summed E-state index contributed by atoms with van der Waals surface area (Å²) in [5.74, 6) is -0.561. The average molecular weight is 376 g/mol. The number of halogens is 3. The fraction of sp³-hybridized carbons (Fsp3) is 0.167. The molecule has 0 amide bonds. The van der Waals surface area contributed by atoms with Crippen LogP contribution in [0.1, 0.15) is 0 Å². The molecule has 27 heavy (non-hydrogen) atoms. The van der Waals surface area contributed by atoms with Crippen molar-refractivity contribution in [2.75, 3.05) is 6.61 Å². The van der Waals surface area contributed by atoms with Gasteiger partial charge in [-0.1, -0.05) is 18.2 Å². The van der Waals surface area contributed by atoms with Gasteiger partial charge in [-0.2, -0.15) is 27.4 Å². The second kappa shape index (κ2) is 6.99. The van der Waals surface area contributed by atoms with Crippen LogP contribution in [0, 0.1) is 11.3 Å². The molecule has 0 radical (unpaired) electrons. The second-order valence-corrected chi connectivity index (χ2v) is 5.61. The number of aromatic nitrogens is 2. The van der Waals surface area contributed by atoms with Crippen LogP contribution in [0.2, 0.25) is 0 Å². The molecule has 138 valence electrons. The van der Waals surface area contributed by atoms with E-state index in [-0.39, 0.29) is 29.1 Å². The highest BCUT2D eigenvalue weighted by Gasteiger charge is 2.36. The largest absolute Gasteiger partial charge is 0.479 e. The molecule has 1 aromatic carbocycles. The van der Waals surface area contributed by atoms with E-state index in [1.165, 1.54) is 48.7 Å². The number of pyridine rings is 1. The molecule has 0 aliphatic heterocycles. The zero-order chi connectivity index (χ0) is 19.6. The zero-order valence-corrected chi connectivity index (χ0v) is 13.8. The van der Waals surface area contributed by atoms with Crippen LogP contribution in [0.25, 0.3) is 16.8 Å². The van der Waals surface area contributed by atoms with Gasteiger partial charge >= 0.3 is 11.7 Å². The number of hydrogen-bond donors (Lipinski definition) is 1. The van der Waals surface area contributed by atoms with E-state index in [4.69, 9.17) is 10.00 Å². The van der Waals surface area contributed by atoms with Crippen LogP contribution in [-0.4, -0.2) is 22.5 Å². The first-order valence-corrected chi connectivity index (χ1v) is 7.75. The molecule has 0 saturated carbocycles. The van der Waals surface area contributed by atoms with Crippen LogP contribution in [-0.2, 0) is 6.54 Å². The molecule has 0 atom stereocenters. The Balaban J connectivity index is 2.28. The van der Waals surface area contributed by atoms with E-state index >= 15 is 0 Å². The molecule has 3 rings (SSSR count). The van der Waals surface area contributed by atoms with Gasteiger partial charge in [-0.05, 0) is 18.2 Å². The SMILES string of the molecule is N#CCOc1cccc(-c2c(O)n(CC(F)(F)F)c3cccc[n+]3c2=O)c1. The number of hydrogen-bond acceptors (Lipinski definition) is 4. The van der Waals surface area contributed by atoms with Crippen molar-refractivity contribution in [3.05, 3.63) is 59.0 Å². The molecular formula is C18H13F3N3O3+. The maximum Gasteiger partial charge on any atom is 0.426 e. The molecule has 0 saturated heterocycles. The fourth-order valence-electron chi connectivity index (χ4n) is 2.73. The minimum absolute atomic E-state index is 0.0991. The topological polar surface area (TPSA) is 79.3 Å². The maximum absolute atomic E-state index is 13.0. The van der Waals surface area contributed by atoms with Gasteiger partial charge in [-0.15, -0.1) is 0 Å². The predicted molar refractivity (Wildman–Crippen MR) is 88.1 cm³/mol. The summed E-state index contributed by atoms with van der Waals surface area (Å²) in [6, 6.07) is 11.9. The predicted octanol–water partition coefficient (Wildman–Crippen LogP) is 2.42. The summed E-state index contributed by atoms with van der Waals surface area (Å²) in [6.45, 7) is -1.70. The van der Waals surface area contributed by atoms with E-state index in [1.54, 1.807) is 6.07 Å². The number of nitriles is 1. The van der Waals surface area contributed by atoms with Crippen molar-refractivity contribution in [1.82, 2.24) is 4.57 Å². The number of nitrogens with zero attached hydrogens (tertiary/aromatic N) is 3. The monoisotopic (exact) mass is 376 g/mol. The van der Waals surface area contributed by atoms with Crippen LogP contribution < -0.4 is 14.7 Å². The van der Waals surface area contributed by atoms with E-state index in [2.05, 4.69) is 0 Å². The first-order valence-electron chi connectivity index (χ1n) is 7.75. The van der Waals surface area contributed by atoms with Gasteiger partial charge in [0.25, 0.3) is 11.5 Å². The van der Waals surface area contributed by atoms with E-state index < -0.39 is 24.2 Å². The van der Waals surface area contributed by atoms with Gasteiger partial charge < -0.3 is 9.84 Å². The number of aromatic hydroxyl groups is 1. The van der Waals surface area contributed by atoms with Gasteiger partial charge in [0.15, 0.2) is 18.7 Å².